The Hall–Kier alpha value is -0.330. The first-order valence-corrected chi connectivity index (χ1v) is 7.91. The van der Waals surface area contributed by atoms with Gasteiger partial charge in [0.2, 0.25) is 0 Å². The minimum absolute atomic E-state index is 0.449. The standard InChI is InChI=1S/C17H30O/c1-12-7-8-15-14(13(12)2)9-10-17(3,4)16(15)6-5-11-18/h11-16H,5-10H2,1-4H3. The molecule has 2 rings (SSSR count). The highest BCUT2D eigenvalue weighted by atomic mass is 16.1. The molecule has 5 unspecified atom stereocenters. The quantitative estimate of drug-likeness (QED) is 0.663. The van der Waals surface area contributed by atoms with Gasteiger partial charge in [-0.05, 0) is 60.7 Å². The molecule has 0 aromatic carbocycles. The largest absolute Gasteiger partial charge is 0.303 e. The van der Waals surface area contributed by atoms with E-state index in [4.69, 9.17) is 0 Å². The summed E-state index contributed by atoms with van der Waals surface area (Å²) < 4.78 is 0. The molecule has 0 saturated heterocycles. The van der Waals surface area contributed by atoms with Crippen molar-refractivity contribution in [3.05, 3.63) is 0 Å². The molecule has 0 radical (unpaired) electrons. The summed E-state index contributed by atoms with van der Waals surface area (Å²) in [7, 11) is 0. The number of carbonyl (C=O) groups excluding carboxylic acids is 1. The third kappa shape index (κ3) is 2.51. The molecule has 0 aliphatic heterocycles. The van der Waals surface area contributed by atoms with Gasteiger partial charge in [-0.3, -0.25) is 0 Å². The van der Waals surface area contributed by atoms with Crippen LogP contribution in [0.3, 0.4) is 0 Å². The van der Waals surface area contributed by atoms with Gasteiger partial charge in [0.15, 0.2) is 0 Å². The molecule has 5 atom stereocenters. The first-order chi connectivity index (χ1) is 8.47. The van der Waals surface area contributed by atoms with Crippen LogP contribution in [0.4, 0.5) is 0 Å². The summed E-state index contributed by atoms with van der Waals surface area (Å²) in [4.78, 5) is 10.7. The number of rotatable bonds is 3. The van der Waals surface area contributed by atoms with Gasteiger partial charge >= 0.3 is 0 Å². The summed E-state index contributed by atoms with van der Waals surface area (Å²) >= 11 is 0. The zero-order valence-electron chi connectivity index (χ0n) is 12.6. The normalized spacial score (nSPS) is 43.2. The van der Waals surface area contributed by atoms with Crippen LogP contribution in [-0.2, 0) is 4.79 Å². The Labute approximate surface area is 113 Å². The smallest absolute Gasteiger partial charge is 0.120 e. The van der Waals surface area contributed by atoms with Crippen LogP contribution >= 0.6 is 0 Å². The van der Waals surface area contributed by atoms with Crippen molar-refractivity contribution < 1.29 is 4.79 Å². The molecule has 0 aromatic rings. The maximum atomic E-state index is 10.7. The molecule has 0 heterocycles. The van der Waals surface area contributed by atoms with Crippen molar-refractivity contribution in [2.24, 2.45) is 35.0 Å². The van der Waals surface area contributed by atoms with Crippen LogP contribution in [0.15, 0.2) is 0 Å². The lowest BCUT2D eigenvalue weighted by molar-refractivity contribution is -0.109. The summed E-state index contributed by atoms with van der Waals surface area (Å²) in [6, 6.07) is 0. The van der Waals surface area contributed by atoms with Crippen molar-refractivity contribution in [3.63, 3.8) is 0 Å². The van der Waals surface area contributed by atoms with Gasteiger partial charge in [-0.2, -0.15) is 0 Å². The molecule has 0 amide bonds. The summed E-state index contributed by atoms with van der Waals surface area (Å²) in [5, 5.41) is 0. The van der Waals surface area contributed by atoms with E-state index in [9.17, 15) is 4.79 Å². The maximum absolute atomic E-state index is 10.7. The Morgan fingerprint density at radius 3 is 2.50 bits per heavy atom. The van der Waals surface area contributed by atoms with Gasteiger partial charge in [0.1, 0.15) is 6.29 Å². The second kappa shape index (κ2) is 5.35. The van der Waals surface area contributed by atoms with Gasteiger partial charge in [-0.1, -0.05) is 34.1 Å². The van der Waals surface area contributed by atoms with Gasteiger partial charge in [0.25, 0.3) is 0 Å². The maximum Gasteiger partial charge on any atom is 0.120 e. The van der Waals surface area contributed by atoms with E-state index >= 15 is 0 Å². The van der Waals surface area contributed by atoms with E-state index in [2.05, 4.69) is 27.7 Å². The Morgan fingerprint density at radius 1 is 1.11 bits per heavy atom. The van der Waals surface area contributed by atoms with E-state index in [0.29, 0.717) is 5.41 Å². The number of hydrogen-bond acceptors (Lipinski definition) is 1. The molecule has 1 nitrogen and oxygen atoms in total. The molecule has 2 aliphatic rings. The zero-order chi connectivity index (χ0) is 13.3. The van der Waals surface area contributed by atoms with Crippen molar-refractivity contribution in [3.8, 4) is 0 Å². The van der Waals surface area contributed by atoms with Crippen molar-refractivity contribution in [1.82, 2.24) is 0 Å². The molecule has 18 heavy (non-hydrogen) atoms. The van der Waals surface area contributed by atoms with Crippen molar-refractivity contribution >= 4 is 6.29 Å². The summed E-state index contributed by atoms with van der Waals surface area (Å²) in [5.41, 5.74) is 0.449. The molecule has 0 spiro atoms. The fourth-order valence-corrected chi connectivity index (χ4v) is 4.88. The van der Waals surface area contributed by atoms with Crippen LogP contribution in [0.25, 0.3) is 0 Å². The van der Waals surface area contributed by atoms with Crippen LogP contribution in [0.1, 0.15) is 66.2 Å². The monoisotopic (exact) mass is 250 g/mol. The van der Waals surface area contributed by atoms with Crippen molar-refractivity contribution in [2.75, 3.05) is 0 Å². The number of fused-ring (bicyclic) bond motifs is 1. The third-order valence-electron chi connectivity index (χ3n) is 6.32. The van der Waals surface area contributed by atoms with E-state index in [-0.39, 0.29) is 0 Å². The SMILES string of the molecule is CC1CCC2C(CCC(C)(C)C2CCC=O)C1C. The van der Waals surface area contributed by atoms with Gasteiger partial charge in [0, 0.05) is 6.42 Å². The van der Waals surface area contributed by atoms with E-state index in [1.54, 1.807) is 0 Å². The van der Waals surface area contributed by atoms with E-state index in [1.807, 2.05) is 0 Å². The number of carbonyl (C=O) groups is 1. The molecular formula is C17H30O. The minimum atomic E-state index is 0.449. The van der Waals surface area contributed by atoms with Crippen LogP contribution in [0.5, 0.6) is 0 Å². The molecule has 1 heteroatoms. The zero-order valence-corrected chi connectivity index (χ0v) is 12.6. The Bertz CT molecular complexity index is 294. The average molecular weight is 250 g/mol. The highest BCUT2D eigenvalue weighted by molar-refractivity contribution is 5.49. The molecule has 2 saturated carbocycles. The topological polar surface area (TPSA) is 17.1 Å². The minimum Gasteiger partial charge on any atom is -0.303 e. The van der Waals surface area contributed by atoms with Gasteiger partial charge in [-0.25, -0.2) is 0 Å². The highest BCUT2D eigenvalue weighted by Crippen LogP contribution is 2.55. The first kappa shape index (κ1) is 14.1. The molecule has 0 N–H and O–H groups in total. The van der Waals surface area contributed by atoms with Crippen LogP contribution < -0.4 is 0 Å². The lowest BCUT2D eigenvalue weighted by Crippen LogP contribution is -2.45. The highest BCUT2D eigenvalue weighted by Gasteiger charge is 2.47. The van der Waals surface area contributed by atoms with E-state index < -0.39 is 0 Å². The fourth-order valence-electron chi connectivity index (χ4n) is 4.88. The third-order valence-corrected chi connectivity index (χ3v) is 6.32. The molecule has 2 aliphatic carbocycles. The molecule has 0 bridgehead atoms. The molecule has 0 aromatic heterocycles. The van der Waals surface area contributed by atoms with Crippen LogP contribution in [0, 0.1) is 35.0 Å². The summed E-state index contributed by atoms with van der Waals surface area (Å²) in [6.07, 6.45) is 8.59. The van der Waals surface area contributed by atoms with Crippen molar-refractivity contribution in [2.45, 2.75) is 66.2 Å². The average Bonchev–Trinajstić information content (AvgIpc) is 2.32. The fraction of sp³-hybridized carbons (Fsp3) is 0.941. The van der Waals surface area contributed by atoms with Crippen molar-refractivity contribution in [1.29, 1.82) is 0 Å². The lowest BCUT2D eigenvalue weighted by atomic mass is 9.52. The Morgan fingerprint density at radius 2 is 1.83 bits per heavy atom. The molecule has 104 valence electrons. The van der Waals surface area contributed by atoms with Crippen LogP contribution in [-0.4, -0.2) is 6.29 Å². The van der Waals surface area contributed by atoms with E-state index in [1.165, 1.54) is 25.7 Å². The van der Waals surface area contributed by atoms with Gasteiger partial charge in [0.05, 0.1) is 0 Å². The molecular weight excluding hydrogens is 220 g/mol. The first-order valence-electron chi connectivity index (χ1n) is 7.91. The van der Waals surface area contributed by atoms with E-state index in [0.717, 1.165) is 48.7 Å². The second-order valence-corrected chi connectivity index (χ2v) is 7.62. The lowest BCUT2D eigenvalue weighted by Gasteiger charge is -2.53. The predicted molar refractivity (Wildman–Crippen MR) is 76.3 cm³/mol. The Kier molecular flexibility index (Phi) is 4.18. The Balaban J connectivity index is 2.15. The van der Waals surface area contributed by atoms with Crippen LogP contribution in [0.2, 0.25) is 0 Å². The number of hydrogen-bond donors (Lipinski definition) is 0. The van der Waals surface area contributed by atoms with Gasteiger partial charge in [-0.15, -0.1) is 0 Å². The summed E-state index contributed by atoms with van der Waals surface area (Å²) in [6.45, 7) is 9.76. The van der Waals surface area contributed by atoms with Gasteiger partial charge < -0.3 is 4.79 Å². The second-order valence-electron chi connectivity index (χ2n) is 7.62. The molecule has 2 fully saturated rings. The summed E-state index contributed by atoms with van der Waals surface area (Å²) in [5.74, 6) is 4.38. The predicted octanol–water partition coefficient (Wildman–Crippen LogP) is 4.70. The number of aldehydes is 1.